The molecule has 216 valence electrons. The largest absolute Gasteiger partial charge is 0.475 e. The summed E-state index contributed by atoms with van der Waals surface area (Å²) in [5, 5.41) is 2.96. The van der Waals surface area contributed by atoms with E-state index in [1.807, 2.05) is 24.4 Å². The molecule has 5 nitrogen and oxygen atoms in total. The molecule has 1 unspecified atom stereocenters. The highest BCUT2D eigenvalue weighted by Crippen LogP contribution is 2.37. The number of piperazine rings is 1. The minimum Gasteiger partial charge on any atom is -0.475 e. The summed E-state index contributed by atoms with van der Waals surface area (Å²) in [6, 6.07) is 19.6. The average Bonchev–Trinajstić information content (AvgIpc) is 3.17. The lowest BCUT2D eigenvalue weighted by atomic mass is 9.94. The van der Waals surface area contributed by atoms with Crippen LogP contribution < -0.4 is 5.32 Å². The first-order valence-electron chi connectivity index (χ1n) is 14.3. The molecule has 0 saturated carbocycles. The maximum Gasteiger partial charge on any atom is 0.182 e. The van der Waals surface area contributed by atoms with Gasteiger partial charge < -0.3 is 15.0 Å². The quantitative estimate of drug-likeness (QED) is 0.168. The van der Waals surface area contributed by atoms with Crippen molar-refractivity contribution in [3.05, 3.63) is 124 Å². The number of hydrogen-bond donors (Lipinski definition) is 1. The molecule has 0 spiro atoms. The number of aromatic nitrogens is 1. The molecule has 2 aromatic carbocycles. The molecule has 2 aliphatic rings. The molecule has 0 radical (unpaired) electrons. The van der Waals surface area contributed by atoms with E-state index in [-0.39, 0.29) is 6.04 Å². The van der Waals surface area contributed by atoms with Crippen LogP contribution in [-0.4, -0.2) is 47.5 Å². The van der Waals surface area contributed by atoms with Crippen molar-refractivity contribution in [1.29, 1.82) is 0 Å². The van der Waals surface area contributed by atoms with Gasteiger partial charge in [-0.1, -0.05) is 67.6 Å². The van der Waals surface area contributed by atoms with E-state index in [4.69, 9.17) is 9.72 Å². The van der Waals surface area contributed by atoms with Gasteiger partial charge in [0.15, 0.2) is 5.88 Å². The fourth-order valence-corrected chi connectivity index (χ4v) is 5.63. The molecule has 6 heteroatoms. The van der Waals surface area contributed by atoms with Crippen molar-refractivity contribution < 1.29 is 4.74 Å². The summed E-state index contributed by atoms with van der Waals surface area (Å²) in [6.07, 6.45) is 14.9. The molecule has 41 heavy (non-hydrogen) atoms. The molecule has 3 aromatic rings. The summed E-state index contributed by atoms with van der Waals surface area (Å²) in [4.78, 5) is 9.78. The molecule has 1 saturated heterocycles. The zero-order valence-electron chi connectivity index (χ0n) is 24.5. The lowest BCUT2D eigenvalue weighted by Gasteiger charge is -2.40. The van der Waals surface area contributed by atoms with Gasteiger partial charge in [-0.25, -0.2) is 0 Å². The van der Waals surface area contributed by atoms with Crippen LogP contribution in [0.2, 0.25) is 0 Å². The molecular weight excluding hydrogens is 572 g/mol. The highest BCUT2D eigenvalue weighted by Gasteiger charge is 2.32. The Morgan fingerprint density at radius 3 is 2.44 bits per heavy atom. The number of aryl methyl sites for hydroxylation is 3. The van der Waals surface area contributed by atoms with Gasteiger partial charge in [-0.05, 0) is 83.2 Å². The second-order valence-electron chi connectivity index (χ2n) is 10.2. The summed E-state index contributed by atoms with van der Waals surface area (Å²) >= 11 is 3.63. The van der Waals surface area contributed by atoms with Gasteiger partial charge in [-0.3, -0.25) is 9.88 Å². The first-order valence-corrected chi connectivity index (χ1v) is 15.1. The zero-order valence-corrected chi connectivity index (χ0v) is 26.1. The van der Waals surface area contributed by atoms with Crippen molar-refractivity contribution in [2.24, 2.45) is 0 Å². The van der Waals surface area contributed by atoms with Crippen LogP contribution in [0.5, 0.6) is 0 Å². The van der Waals surface area contributed by atoms with E-state index in [2.05, 4.69) is 107 Å². The van der Waals surface area contributed by atoms with Crippen molar-refractivity contribution in [1.82, 2.24) is 20.1 Å². The monoisotopic (exact) mass is 614 g/mol. The van der Waals surface area contributed by atoms with Crippen molar-refractivity contribution in [2.75, 3.05) is 32.7 Å². The number of hydrogen-bond acceptors (Lipinski definition) is 5. The Balaban J connectivity index is 0.000000515. The summed E-state index contributed by atoms with van der Waals surface area (Å²) < 4.78 is 7.06. The lowest BCUT2D eigenvalue weighted by Crippen LogP contribution is -2.47. The van der Waals surface area contributed by atoms with E-state index >= 15 is 0 Å². The fourth-order valence-electron chi connectivity index (χ4n) is 5.25. The third-order valence-corrected chi connectivity index (χ3v) is 7.74. The minimum atomic E-state index is 0.187. The normalized spacial score (nSPS) is 15.8. The first-order chi connectivity index (χ1) is 20.0. The van der Waals surface area contributed by atoms with Crippen molar-refractivity contribution in [3.8, 4) is 12.8 Å². The zero-order chi connectivity index (χ0) is 29.6. The number of nitrogens with zero attached hydrogens (tertiary/aromatic N) is 3. The fraction of sp³-hybridized carbons (Fsp3) is 0.343. The number of terminal acetylenes is 1. The SMILES string of the molecule is C#C.C=C(OCc1ccccc1)N1CCN(C2c3ccc(C)cc3CCc3cc(Br)cnc32)CC1.C=CNCCC. The molecule has 1 N–H and O–H groups in total. The molecule has 1 aromatic heterocycles. The van der Waals surface area contributed by atoms with Gasteiger partial charge in [-0.2, -0.15) is 0 Å². The van der Waals surface area contributed by atoms with Crippen LogP contribution in [0.1, 0.15) is 52.9 Å². The van der Waals surface area contributed by atoms with E-state index in [0.717, 1.165) is 61.5 Å². The van der Waals surface area contributed by atoms with Crippen LogP contribution in [0.4, 0.5) is 0 Å². The topological polar surface area (TPSA) is 40.6 Å². The van der Waals surface area contributed by atoms with Crippen LogP contribution in [0, 0.1) is 19.8 Å². The maximum atomic E-state index is 6.00. The third kappa shape index (κ3) is 8.98. The molecule has 0 amide bonds. The van der Waals surface area contributed by atoms with E-state index < -0.39 is 0 Å². The Hall–Kier alpha value is -3.53. The Labute approximate surface area is 255 Å². The van der Waals surface area contributed by atoms with Gasteiger partial charge in [0.25, 0.3) is 0 Å². The maximum absolute atomic E-state index is 6.00. The lowest BCUT2D eigenvalue weighted by molar-refractivity contribution is 0.0556. The number of pyridine rings is 1. The second-order valence-corrected chi connectivity index (χ2v) is 11.1. The minimum absolute atomic E-state index is 0.187. The standard InChI is InChI=1S/C28H30BrN3O.C5H11N.C2H2/c1-20-8-11-26-23(16-20)9-10-24-17-25(29)18-30-27(24)28(26)32-14-12-31(13-15-32)21(2)33-19-22-6-4-3-5-7-22;1-3-5-6-4-2;1-2/h3-8,11,16-18,28H,2,9-10,12-15,19H2,1H3;4,6H,2-3,5H2,1H3;1-2H. The predicted molar refractivity (Wildman–Crippen MR) is 174 cm³/mol. The van der Waals surface area contributed by atoms with E-state index in [1.165, 1.54) is 34.4 Å². The molecule has 5 rings (SSSR count). The predicted octanol–water partition coefficient (Wildman–Crippen LogP) is 7.03. The first kappa shape index (κ1) is 32.0. The highest BCUT2D eigenvalue weighted by molar-refractivity contribution is 9.10. The molecule has 1 aliphatic carbocycles. The highest BCUT2D eigenvalue weighted by atomic mass is 79.9. The van der Waals surface area contributed by atoms with Gasteiger partial charge in [0.05, 0.1) is 11.7 Å². The van der Waals surface area contributed by atoms with E-state index in [1.54, 1.807) is 6.20 Å². The number of rotatable bonds is 8. The van der Waals surface area contributed by atoms with Gasteiger partial charge >= 0.3 is 0 Å². The van der Waals surface area contributed by atoms with Crippen LogP contribution in [0.25, 0.3) is 0 Å². The summed E-state index contributed by atoms with van der Waals surface area (Å²) in [5.74, 6) is 0.762. The summed E-state index contributed by atoms with van der Waals surface area (Å²) in [7, 11) is 0. The molecule has 0 bridgehead atoms. The van der Waals surface area contributed by atoms with Crippen LogP contribution in [0.15, 0.2) is 90.5 Å². The van der Waals surface area contributed by atoms with Crippen molar-refractivity contribution >= 4 is 15.9 Å². The van der Waals surface area contributed by atoms with Gasteiger partial charge in [-0.15, -0.1) is 12.8 Å². The number of nitrogens with one attached hydrogen (secondary N) is 1. The molecule has 2 heterocycles. The van der Waals surface area contributed by atoms with Crippen molar-refractivity contribution in [3.63, 3.8) is 0 Å². The number of ether oxygens (including phenoxy) is 1. The Kier molecular flexibility index (Phi) is 13.0. The van der Waals surface area contributed by atoms with Crippen LogP contribution in [-0.2, 0) is 24.2 Å². The van der Waals surface area contributed by atoms with E-state index in [9.17, 15) is 0 Å². The molecule has 1 aliphatic heterocycles. The van der Waals surface area contributed by atoms with Crippen molar-refractivity contribution in [2.45, 2.75) is 45.8 Å². The van der Waals surface area contributed by atoms with Gasteiger partial charge in [0.2, 0.25) is 0 Å². The smallest absolute Gasteiger partial charge is 0.182 e. The number of benzene rings is 2. The molecular formula is C35H43BrN4O. The Morgan fingerprint density at radius 2 is 1.78 bits per heavy atom. The third-order valence-electron chi connectivity index (χ3n) is 7.30. The number of fused-ring (bicyclic) bond motifs is 2. The molecule has 1 atom stereocenters. The second kappa shape index (κ2) is 16.7. The molecule has 1 fully saturated rings. The van der Waals surface area contributed by atoms with Gasteiger partial charge in [0.1, 0.15) is 6.61 Å². The van der Waals surface area contributed by atoms with Gasteiger partial charge in [0, 0.05) is 43.4 Å². The average molecular weight is 616 g/mol. The summed E-state index contributed by atoms with van der Waals surface area (Å²) in [6.45, 7) is 17.3. The van der Waals surface area contributed by atoms with Crippen LogP contribution in [0.3, 0.4) is 0 Å². The summed E-state index contributed by atoms with van der Waals surface area (Å²) in [5.41, 5.74) is 7.89. The Bertz CT molecular complexity index is 1230. The van der Waals surface area contributed by atoms with Crippen LogP contribution >= 0.6 is 15.9 Å². The Morgan fingerprint density at radius 1 is 1.07 bits per heavy atom. The van der Waals surface area contributed by atoms with E-state index in [0.29, 0.717) is 6.61 Å². The number of halogens is 1.